The van der Waals surface area contributed by atoms with Gasteiger partial charge in [0.2, 0.25) is 0 Å². The van der Waals surface area contributed by atoms with E-state index in [1.165, 1.54) is 0 Å². The second-order valence-electron chi connectivity index (χ2n) is 5.11. The largest absolute Gasteiger partial charge is 0.386 e. The molecule has 1 N–H and O–H groups in total. The molecule has 2 aromatic heterocycles. The molecule has 1 atom stereocenters. The van der Waals surface area contributed by atoms with Crippen molar-refractivity contribution in [3.05, 3.63) is 48.2 Å². The number of hydrogen-bond donors (Lipinski definition) is 1. The van der Waals surface area contributed by atoms with E-state index in [4.69, 9.17) is 0 Å². The highest BCUT2D eigenvalue weighted by Crippen LogP contribution is 2.17. The standard InChI is InChI=1S/C15H20N4O/c1-11(2)15-17-8-6-14(18-15)19(3)10-13(20)12-5-4-7-16-9-12/h4-9,11,13,20H,10H2,1-3H3. The van der Waals surface area contributed by atoms with E-state index in [9.17, 15) is 5.11 Å². The van der Waals surface area contributed by atoms with Gasteiger partial charge in [-0.2, -0.15) is 0 Å². The minimum absolute atomic E-state index is 0.284. The van der Waals surface area contributed by atoms with E-state index in [1.807, 2.05) is 30.1 Å². The van der Waals surface area contributed by atoms with Crippen molar-refractivity contribution >= 4 is 5.82 Å². The van der Waals surface area contributed by atoms with Gasteiger partial charge >= 0.3 is 0 Å². The molecule has 0 aliphatic heterocycles. The van der Waals surface area contributed by atoms with Crippen molar-refractivity contribution in [3.63, 3.8) is 0 Å². The molecule has 0 amide bonds. The summed E-state index contributed by atoms with van der Waals surface area (Å²) >= 11 is 0. The number of nitrogens with zero attached hydrogens (tertiary/aromatic N) is 4. The lowest BCUT2D eigenvalue weighted by Crippen LogP contribution is -2.25. The molecule has 5 nitrogen and oxygen atoms in total. The molecule has 0 saturated carbocycles. The van der Waals surface area contributed by atoms with Gasteiger partial charge in [-0.05, 0) is 12.1 Å². The molecular weight excluding hydrogens is 252 g/mol. The van der Waals surface area contributed by atoms with Crippen molar-refractivity contribution in [1.82, 2.24) is 15.0 Å². The van der Waals surface area contributed by atoms with E-state index in [-0.39, 0.29) is 5.92 Å². The molecule has 0 radical (unpaired) electrons. The van der Waals surface area contributed by atoms with Crippen LogP contribution in [0.2, 0.25) is 0 Å². The summed E-state index contributed by atoms with van der Waals surface area (Å²) in [6.07, 6.45) is 4.54. The predicted octanol–water partition coefficient (Wildman–Crippen LogP) is 2.16. The van der Waals surface area contributed by atoms with Crippen LogP contribution in [0.4, 0.5) is 5.82 Å². The van der Waals surface area contributed by atoms with Crippen LogP contribution in [0.5, 0.6) is 0 Å². The van der Waals surface area contributed by atoms with Crippen molar-refractivity contribution in [2.45, 2.75) is 25.9 Å². The fourth-order valence-electron chi connectivity index (χ4n) is 1.89. The summed E-state index contributed by atoms with van der Waals surface area (Å²) in [5.74, 6) is 1.91. The Kier molecular flexibility index (Phi) is 4.63. The molecule has 0 spiro atoms. The lowest BCUT2D eigenvalue weighted by atomic mass is 10.1. The summed E-state index contributed by atoms with van der Waals surface area (Å²) in [6, 6.07) is 5.53. The zero-order valence-corrected chi connectivity index (χ0v) is 12.1. The molecule has 0 bridgehead atoms. The Morgan fingerprint density at radius 3 is 2.70 bits per heavy atom. The highest BCUT2D eigenvalue weighted by Gasteiger charge is 2.13. The summed E-state index contributed by atoms with van der Waals surface area (Å²) in [4.78, 5) is 14.7. The molecular formula is C15H20N4O. The second kappa shape index (κ2) is 6.43. The SMILES string of the molecule is CC(C)c1nccc(N(C)CC(O)c2cccnc2)n1. The van der Waals surface area contributed by atoms with Crippen LogP contribution >= 0.6 is 0 Å². The summed E-state index contributed by atoms with van der Waals surface area (Å²) in [5.41, 5.74) is 0.803. The maximum Gasteiger partial charge on any atom is 0.133 e. The molecule has 2 rings (SSSR count). The van der Waals surface area contributed by atoms with Crippen molar-refractivity contribution < 1.29 is 5.11 Å². The van der Waals surface area contributed by atoms with Crippen LogP contribution in [0, 0.1) is 0 Å². The molecule has 0 aliphatic carbocycles. The topological polar surface area (TPSA) is 62.1 Å². The third-order valence-electron chi connectivity index (χ3n) is 3.08. The lowest BCUT2D eigenvalue weighted by molar-refractivity contribution is 0.184. The van der Waals surface area contributed by atoms with E-state index in [1.54, 1.807) is 18.6 Å². The Balaban J connectivity index is 2.08. The van der Waals surface area contributed by atoms with Gasteiger partial charge < -0.3 is 10.0 Å². The number of aromatic nitrogens is 3. The fourth-order valence-corrected chi connectivity index (χ4v) is 1.89. The van der Waals surface area contributed by atoms with Gasteiger partial charge in [0.05, 0.1) is 6.10 Å². The van der Waals surface area contributed by atoms with Gasteiger partial charge in [-0.1, -0.05) is 19.9 Å². The van der Waals surface area contributed by atoms with Gasteiger partial charge in [-0.25, -0.2) is 9.97 Å². The first-order valence-electron chi connectivity index (χ1n) is 6.70. The smallest absolute Gasteiger partial charge is 0.133 e. The molecule has 2 aromatic rings. The number of anilines is 1. The van der Waals surface area contributed by atoms with Crippen LogP contribution in [0.25, 0.3) is 0 Å². The number of likely N-dealkylation sites (N-methyl/N-ethyl adjacent to an activating group) is 1. The fraction of sp³-hybridized carbons (Fsp3) is 0.400. The molecule has 0 aromatic carbocycles. The van der Waals surface area contributed by atoms with Crippen LogP contribution in [0.1, 0.15) is 37.3 Å². The molecule has 2 heterocycles. The van der Waals surface area contributed by atoms with E-state index >= 15 is 0 Å². The number of aliphatic hydroxyl groups excluding tert-OH is 1. The Bertz CT molecular complexity index is 545. The Morgan fingerprint density at radius 2 is 2.05 bits per heavy atom. The molecule has 0 aliphatic rings. The van der Waals surface area contributed by atoms with Crippen LogP contribution in [-0.4, -0.2) is 33.7 Å². The quantitative estimate of drug-likeness (QED) is 0.903. The first-order chi connectivity index (χ1) is 9.58. The lowest BCUT2D eigenvalue weighted by Gasteiger charge is -2.22. The Labute approximate surface area is 119 Å². The molecule has 1 unspecified atom stereocenters. The maximum atomic E-state index is 10.2. The van der Waals surface area contributed by atoms with Crippen LogP contribution in [0.3, 0.4) is 0 Å². The number of aliphatic hydroxyl groups is 1. The second-order valence-corrected chi connectivity index (χ2v) is 5.11. The van der Waals surface area contributed by atoms with Crippen molar-refractivity contribution in [3.8, 4) is 0 Å². The summed E-state index contributed by atoms with van der Waals surface area (Å²) < 4.78 is 0. The third kappa shape index (κ3) is 3.51. The minimum Gasteiger partial charge on any atom is -0.386 e. The number of hydrogen-bond acceptors (Lipinski definition) is 5. The van der Waals surface area contributed by atoms with Crippen molar-refractivity contribution in [2.24, 2.45) is 0 Å². The molecule has 106 valence electrons. The Morgan fingerprint density at radius 1 is 1.25 bits per heavy atom. The highest BCUT2D eigenvalue weighted by atomic mass is 16.3. The van der Waals surface area contributed by atoms with E-state index in [0.717, 1.165) is 17.2 Å². The van der Waals surface area contributed by atoms with Gasteiger partial charge in [-0.15, -0.1) is 0 Å². The van der Waals surface area contributed by atoms with Crippen LogP contribution in [-0.2, 0) is 0 Å². The average molecular weight is 272 g/mol. The summed E-state index contributed by atoms with van der Waals surface area (Å²) in [6.45, 7) is 4.58. The van der Waals surface area contributed by atoms with Gasteiger partial charge in [0.1, 0.15) is 11.6 Å². The highest BCUT2D eigenvalue weighted by molar-refractivity contribution is 5.37. The van der Waals surface area contributed by atoms with Crippen molar-refractivity contribution in [1.29, 1.82) is 0 Å². The maximum absolute atomic E-state index is 10.2. The van der Waals surface area contributed by atoms with Crippen LogP contribution in [0.15, 0.2) is 36.8 Å². The van der Waals surface area contributed by atoms with Gasteiger partial charge in [0.25, 0.3) is 0 Å². The molecule has 0 saturated heterocycles. The monoisotopic (exact) mass is 272 g/mol. The summed E-state index contributed by atoms with van der Waals surface area (Å²) in [5, 5.41) is 10.2. The van der Waals surface area contributed by atoms with Gasteiger partial charge in [-0.3, -0.25) is 4.98 Å². The van der Waals surface area contributed by atoms with E-state index < -0.39 is 6.10 Å². The van der Waals surface area contributed by atoms with E-state index in [2.05, 4.69) is 28.8 Å². The van der Waals surface area contributed by atoms with Gasteiger partial charge in [0.15, 0.2) is 0 Å². The molecule has 5 heteroatoms. The normalized spacial score (nSPS) is 12.4. The number of rotatable bonds is 5. The van der Waals surface area contributed by atoms with Crippen molar-refractivity contribution in [2.75, 3.05) is 18.5 Å². The number of pyridine rings is 1. The third-order valence-corrected chi connectivity index (χ3v) is 3.08. The van der Waals surface area contributed by atoms with Gasteiger partial charge in [0, 0.05) is 43.7 Å². The Hall–Kier alpha value is -2.01. The molecule has 0 fully saturated rings. The predicted molar refractivity (Wildman–Crippen MR) is 78.6 cm³/mol. The summed E-state index contributed by atoms with van der Waals surface area (Å²) in [7, 11) is 1.91. The van der Waals surface area contributed by atoms with Crippen LogP contribution < -0.4 is 4.90 Å². The zero-order valence-electron chi connectivity index (χ0n) is 12.1. The first-order valence-corrected chi connectivity index (χ1v) is 6.70. The molecule has 20 heavy (non-hydrogen) atoms. The minimum atomic E-state index is -0.592. The van der Waals surface area contributed by atoms with E-state index in [0.29, 0.717) is 6.54 Å². The average Bonchev–Trinajstić information content (AvgIpc) is 2.48. The first kappa shape index (κ1) is 14.4. The zero-order chi connectivity index (χ0) is 14.5.